The molecule has 1 fully saturated rings. The van der Waals surface area contributed by atoms with Gasteiger partial charge < -0.3 is 15.7 Å². The molecule has 0 aliphatic heterocycles. The van der Waals surface area contributed by atoms with Crippen LogP contribution in [-0.2, 0) is 19.6 Å². The van der Waals surface area contributed by atoms with Gasteiger partial charge in [-0.05, 0) is 68.0 Å². The Morgan fingerprint density at radius 1 is 0.968 bits per heavy atom. The van der Waals surface area contributed by atoms with Gasteiger partial charge in [0, 0.05) is 36.8 Å². The fraction of sp³-hybridized carbons (Fsp3) is 0.364. The monoisotopic (exact) mass is 445 g/mol. The molecule has 0 unspecified atom stereocenters. The normalized spacial score (nSPS) is 18.9. The number of nitrogens with one attached hydrogen (secondary N) is 3. The molecule has 0 bridgehead atoms. The van der Waals surface area contributed by atoms with E-state index in [0.29, 0.717) is 30.8 Å². The number of aromatic hydroxyl groups is 1. The molecule has 0 saturated heterocycles. The summed E-state index contributed by atoms with van der Waals surface area (Å²) in [5, 5.41) is 14.9. The van der Waals surface area contributed by atoms with Crippen LogP contribution in [0.2, 0.25) is 0 Å². The second-order valence-electron chi connectivity index (χ2n) is 7.81. The molecular formula is C22H27N3O5S. The Bertz CT molecular complexity index is 1030. The van der Waals surface area contributed by atoms with Crippen molar-refractivity contribution in [2.24, 2.45) is 11.8 Å². The summed E-state index contributed by atoms with van der Waals surface area (Å²) in [4.78, 5) is 23.7. The number of phenols is 1. The van der Waals surface area contributed by atoms with E-state index in [2.05, 4.69) is 15.4 Å². The Morgan fingerprint density at radius 3 is 2.26 bits per heavy atom. The molecule has 0 aromatic heterocycles. The van der Waals surface area contributed by atoms with Crippen LogP contribution in [0.15, 0.2) is 53.4 Å². The van der Waals surface area contributed by atoms with E-state index in [0.717, 1.165) is 12.8 Å². The minimum atomic E-state index is -3.65. The number of benzene rings is 2. The van der Waals surface area contributed by atoms with Crippen molar-refractivity contribution in [3.05, 3.63) is 48.5 Å². The molecule has 1 saturated carbocycles. The van der Waals surface area contributed by atoms with Crippen LogP contribution in [0.4, 0.5) is 11.4 Å². The molecule has 2 aromatic rings. The van der Waals surface area contributed by atoms with Crippen molar-refractivity contribution in [3.63, 3.8) is 0 Å². The van der Waals surface area contributed by atoms with Crippen LogP contribution in [0.25, 0.3) is 0 Å². The zero-order valence-electron chi connectivity index (χ0n) is 17.3. The minimum absolute atomic E-state index is 0.0797. The highest BCUT2D eigenvalue weighted by Gasteiger charge is 2.27. The molecule has 1 aliphatic rings. The van der Waals surface area contributed by atoms with Gasteiger partial charge in [0.1, 0.15) is 5.75 Å². The number of amides is 2. The van der Waals surface area contributed by atoms with Gasteiger partial charge in [-0.25, -0.2) is 13.1 Å². The lowest BCUT2D eigenvalue weighted by molar-refractivity contribution is -0.121. The SMILES string of the molecule is CC(=O)Nc1ccc(S(=O)(=O)NCC2CCC(C(=O)Nc3cccc(O)c3)CC2)cc1. The van der Waals surface area contributed by atoms with Crippen LogP contribution < -0.4 is 15.4 Å². The number of phenolic OH excluding ortho intramolecular Hbond substituents is 1. The molecule has 3 rings (SSSR count). The second kappa shape index (κ2) is 9.93. The number of sulfonamides is 1. The summed E-state index contributed by atoms with van der Waals surface area (Å²) in [5.41, 5.74) is 1.10. The van der Waals surface area contributed by atoms with E-state index in [1.807, 2.05) is 0 Å². The van der Waals surface area contributed by atoms with E-state index in [-0.39, 0.29) is 34.3 Å². The van der Waals surface area contributed by atoms with Gasteiger partial charge >= 0.3 is 0 Å². The Hall–Kier alpha value is -2.91. The maximum Gasteiger partial charge on any atom is 0.240 e. The first-order valence-electron chi connectivity index (χ1n) is 10.2. The summed E-state index contributed by atoms with van der Waals surface area (Å²) in [5.74, 6) is -0.169. The van der Waals surface area contributed by atoms with Gasteiger partial charge in [0.15, 0.2) is 0 Å². The number of rotatable bonds is 7. The van der Waals surface area contributed by atoms with Gasteiger partial charge in [0.05, 0.1) is 4.90 Å². The van der Waals surface area contributed by atoms with Gasteiger partial charge in [-0.15, -0.1) is 0 Å². The number of hydrogen-bond acceptors (Lipinski definition) is 5. The summed E-state index contributed by atoms with van der Waals surface area (Å²) in [7, 11) is -3.65. The van der Waals surface area contributed by atoms with Crippen LogP contribution in [0, 0.1) is 11.8 Å². The lowest BCUT2D eigenvalue weighted by Crippen LogP contribution is -2.33. The average molecular weight is 446 g/mol. The van der Waals surface area contributed by atoms with Crippen LogP contribution in [-0.4, -0.2) is 31.9 Å². The maximum atomic E-state index is 12.5. The first-order valence-corrected chi connectivity index (χ1v) is 11.7. The molecule has 0 spiro atoms. The average Bonchev–Trinajstić information content (AvgIpc) is 2.73. The molecule has 1 aliphatic carbocycles. The third-order valence-corrected chi connectivity index (χ3v) is 6.82. The quantitative estimate of drug-likeness (QED) is 0.521. The topological polar surface area (TPSA) is 125 Å². The smallest absolute Gasteiger partial charge is 0.240 e. The second-order valence-corrected chi connectivity index (χ2v) is 9.58. The maximum absolute atomic E-state index is 12.5. The third-order valence-electron chi connectivity index (χ3n) is 5.38. The van der Waals surface area contributed by atoms with Crippen LogP contribution >= 0.6 is 0 Å². The van der Waals surface area contributed by atoms with Crippen molar-refractivity contribution in [1.29, 1.82) is 0 Å². The molecule has 4 N–H and O–H groups in total. The van der Waals surface area contributed by atoms with Crippen molar-refractivity contribution in [3.8, 4) is 5.75 Å². The molecule has 31 heavy (non-hydrogen) atoms. The standard InChI is InChI=1S/C22H27N3O5S/c1-15(26)24-18-9-11-21(12-10-18)31(29,30)23-14-16-5-7-17(8-6-16)22(28)25-19-3-2-4-20(27)13-19/h2-4,9-13,16-17,23,27H,5-8,14H2,1H3,(H,24,26)(H,25,28). The van der Waals surface area contributed by atoms with Gasteiger partial charge in [-0.1, -0.05) is 6.07 Å². The number of carbonyl (C=O) groups is 2. The Morgan fingerprint density at radius 2 is 1.65 bits per heavy atom. The van der Waals surface area contributed by atoms with E-state index >= 15 is 0 Å². The fourth-order valence-corrected chi connectivity index (χ4v) is 4.80. The van der Waals surface area contributed by atoms with Crippen LogP contribution in [0.1, 0.15) is 32.6 Å². The summed E-state index contributed by atoms with van der Waals surface area (Å²) in [6, 6.07) is 12.4. The number of carbonyl (C=O) groups excluding carboxylic acids is 2. The molecular weight excluding hydrogens is 418 g/mol. The summed E-state index contributed by atoms with van der Waals surface area (Å²) >= 11 is 0. The Balaban J connectivity index is 1.47. The summed E-state index contributed by atoms with van der Waals surface area (Å²) < 4.78 is 27.7. The van der Waals surface area contributed by atoms with Crippen molar-refractivity contribution >= 4 is 33.2 Å². The molecule has 2 amide bonds. The van der Waals surface area contributed by atoms with Crippen LogP contribution in [0.5, 0.6) is 5.75 Å². The zero-order chi connectivity index (χ0) is 22.4. The van der Waals surface area contributed by atoms with Gasteiger partial charge in [-0.2, -0.15) is 0 Å². The summed E-state index contributed by atoms with van der Waals surface area (Å²) in [6.45, 7) is 1.70. The highest BCUT2D eigenvalue weighted by atomic mass is 32.2. The molecule has 2 aromatic carbocycles. The molecule has 166 valence electrons. The molecule has 9 heteroatoms. The lowest BCUT2D eigenvalue weighted by atomic mass is 9.81. The first-order chi connectivity index (χ1) is 14.7. The number of anilines is 2. The van der Waals surface area contributed by atoms with Crippen LogP contribution in [0.3, 0.4) is 0 Å². The predicted octanol–water partition coefficient (Wildman–Crippen LogP) is 3.07. The highest BCUT2D eigenvalue weighted by molar-refractivity contribution is 7.89. The zero-order valence-corrected chi connectivity index (χ0v) is 18.1. The summed E-state index contributed by atoms with van der Waals surface area (Å²) in [6.07, 6.45) is 2.87. The minimum Gasteiger partial charge on any atom is -0.508 e. The van der Waals surface area contributed by atoms with E-state index in [4.69, 9.17) is 0 Å². The molecule has 0 heterocycles. The van der Waals surface area contributed by atoms with Crippen molar-refractivity contribution in [1.82, 2.24) is 4.72 Å². The molecule has 8 nitrogen and oxygen atoms in total. The van der Waals surface area contributed by atoms with Gasteiger partial charge in [-0.3, -0.25) is 9.59 Å². The van der Waals surface area contributed by atoms with E-state index in [1.54, 1.807) is 30.3 Å². The lowest BCUT2D eigenvalue weighted by Gasteiger charge is -2.27. The van der Waals surface area contributed by atoms with E-state index in [1.165, 1.54) is 25.1 Å². The van der Waals surface area contributed by atoms with Crippen molar-refractivity contribution in [2.45, 2.75) is 37.5 Å². The van der Waals surface area contributed by atoms with Crippen molar-refractivity contribution in [2.75, 3.05) is 17.2 Å². The number of hydrogen-bond donors (Lipinski definition) is 4. The largest absolute Gasteiger partial charge is 0.508 e. The fourth-order valence-electron chi connectivity index (χ4n) is 3.69. The Labute approximate surface area is 182 Å². The molecule has 0 atom stereocenters. The molecule has 0 radical (unpaired) electrons. The van der Waals surface area contributed by atoms with Gasteiger partial charge in [0.25, 0.3) is 0 Å². The van der Waals surface area contributed by atoms with E-state index < -0.39 is 10.0 Å². The Kier molecular flexibility index (Phi) is 7.29. The van der Waals surface area contributed by atoms with Crippen molar-refractivity contribution < 1.29 is 23.1 Å². The van der Waals surface area contributed by atoms with E-state index in [9.17, 15) is 23.1 Å². The first kappa shape index (κ1) is 22.8. The third kappa shape index (κ3) is 6.53. The predicted molar refractivity (Wildman–Crippen MR) is 118 cm³/mol. The van der Waals surface area contributed by atoms with Gasteiger partial charge in [0.2, 0.25) is 21.8 Å². The highest BCUT2D eigenvalue weighted by Crippen LogP contribution is 2.30.